The number of hydrogen-bond donors (Lipinski definition) is 0. The van der Waals surface area contributed by atoms with Gasteiger partial charge in [-0.1, -0.05) is 30.3 Å². The SMILES string of the molecule is O=C(c1nc2n(n1)CCC2c1ccccc1)C1CC1. The van der Waals surface area contributed by atoms with Crippen molar-refractivity contribution in [2.24, 2.45) is 5.92 Å². The molecule has 0 bridgehead atoms. The maximum Gasteiger partial charge on any atom is 0.217 e. The first-order chi connectivity index (χ1) is 9.33. The highest BCUT2D eigenvalue weighted by molar-refractivity contribution is 5.95. The normalized spacial score (nSPS) is 21.4. The van der Waals surface area contributed by atoms with Crippen LogP contribution >= 0.6 is 0 Å². The van der Waals surface area contributed by atoms with Gasteiger partial charge in [-0.2, -0.15) is 0 Å². The molecule has 0 amide bonds. The number of rotatable bonds is 3. The molecule has 1 aromatic carbocycles. The van der Waals surface area contributed by atoms with Crippen LogP contribution in [-0.2, 0) is 6.54 Å². The van der Waals surface area contributed by atoms with Crippen LogP contribution in [-0.4, -0.2) is 20.5 Å². The molecular weight excluding hydrogens is 238 g/mol. The van der Waals surface area contributed by atoms with Gasteiger partial charge in [0.15, 0.2) is 0 Å². The van der Waals surface area contributed by atoms with Crippen LogP contribution in [0.3, 0.4) is 0 Å². The van der Waals surface area contributed by atoms with E-state index in [0.29, 0.717) is 5.82 Å². The Bertz CT molecular complexity index is 628. The van der Waals surface area contributed by atoms with Crippen LogP contribution in [0.25, 0.3) is 0 Å². The van der Waals surface area contributed by atoms with E-state index in [0.717, 1.165) is 31.6 Å². The van der Waals surface area contributed by atoms with Gasteiger partial charge in [-0.25, -0.2) is 9.67 Å². The van der Waals surface area contributed by atoms with Crippen LogP contribution in [0.1, 0.15) is 47.2 Å². The minimum Gasteiger partial charge on any atom is -0.290 e. The number of aromatic nitrogens is 3. The van der Waals surface area contributed by atoms with Crippen LogP contribution in [0, 0.1) is 5.92 Å². The van der Waals surface area contributed by atoms with E-state index >= 15 is 0 Å². The summed E-state index contributed by atoms with van der Waals surface area (Å²) >= 11 is 0. The Hall–Kier alpha value is -1.97. The first-order valence-electron chi connectivity index (χ1n) is 6.87. The lowest BCUT2D eigenvalue weighted by molar-refractivity contribution is 0.0957. The van der Waals surface area contributed by atoms with E-state index in [4.69, 9.17) is 0 Å². The van der Waals surface area contributed by atoms with Crippen LogP contribution in [0.2, 0.25) is 0 Å². The summed E-state index contributed by atoms with van der Waals surface area (Å²) in [6, 6.07) is 10.4. The summed E-state index contributed by atoms with van der Waals surface area (Å²) in [6.45, 7) is 0.861. The molecule has 0 spiro atoms. The van der Waals surface area contributed by atoms with Gasteiger partial charge in [0.05, 0.1) is 0 Å². The molecule has 2 aliphatic rings. The minimum atomic E-state index is 0.133. The molecule has 1 aromatic heterocycles. The summed E-state index contributed by atoms with van der Waals surface area (Å²) in [4.78, 5) is 16.5. The number of carbonyl (C=O) groups excluding carboxylic acids is 1. The Morgan fingerprint density at radius 3 is 2.68 bits per heavy atom. The number of Topliss-reactive ketones (excluding diaryl/α,β-unsaturated/α-hetero) is 1. The molecule has 1 aliphatic heterocycles. The number of fused-ring (bicyclic) bond motifs is 1. The lowest BCUT2D eigenvalue weighted by atomic mass is 9.97. The monoisotopic (exact) mass is 253 g/mol. The highest BCUT2D eigenvalue weighted by Crippen LogP contribution is 2.35. The zero-order valence-electron chi connectivity index (χ0n) is 10.6. The summed E-state index contributed by atoms with van der Waals surface area (Å²) < 4.78 is 1.91. The van der Waals surface area contributed by atoms with E-state index < -0.39 is 0 Å². The van der Waals surface area contributed by atoms with Gasteiger partial charge in [-0.3, -0.25) is 4.79 Å². The number of aryl methyl sites for hydroxylation is 1. The molecule has 19 heavy (non-hydrogen) atoms. The molecule has 0 radical (unpaired) electrons. The Kier molecular flexibility index (Phi) is 2.31. The van der Waals surface area contributed by atoms with Crippen LogP contribution in [0.5, 0.6) is 0 Å². The Labute approximate surface area is 111 Å². The lowest BCUT2D eigenvalue weighted by Gasteiger charge is -2.07. The van der Waals surface area contributed by atoms with Crippen molar-refractivity contribution in [2.45, 2.75) is 31.7 Å². The molecule has 1 fully saturated rings. The van der Waals surface area contributed by atoms with E-state index in [9.17, 15) is 4.79 Å². The van der Waals surface area contributed by atoms with E-state index in [1.165, 1.54) is 5.56 Å². The third kappa shape index (κ3) is 1.79. The predicted octanol–water partition coefficient (Wildman–Crippen LogP) is 2.41. The van der Waals surface area contributed by atoms with Crippen molar-refractivity contribution in [3.05, 3.63) is 47.5 Å². The smallest absolute Gasteiger partial charge is 0.217 e. The summed E-state index contributed by atoms with van der Waals surface area (Å²) in [5.41, 5.74) is 1.26. The fraction of sp³-hybridized carbons (Fsp3) is 0.400. The van der Waals surface area contributed by atoms with Crippen molar-refractivity contribution in [1.29, 1.82) is 0 Å². The molecule has 4 nitrogen and oxygen atoms in total. The Balaban J connectivity index is 1.68. The predicted molar refractivity (Wildman–Crippen MR) is 70.0 cm³/mol. The van der Waals surface area contributed by atoms with Gasteiger partial charge in [0, 0.05) is 18.4 Å². The van der Waals surface area contributed by atoms with Crippen molar-refractivity contribution < 1.29 is 4.79 Å². The molecule has 4 heteroatoms. The van der Waals surface area contributed by atoms with E-state index in [1.807, 2.05) is 22.9 Å². The molecule has 0 N–H and O–H groups in total. The summed E-state index contributed by atoms with van der Waals surface area (Å²) in [7, 11) is 0. The number of carbonyl (C=O) groups is 1. The van der Waals surface area contributed by atoms with Gasteiger partial charge in [0.25, 0.3) is 0 Å². The average Bonchev–Trinajstić information content (AvgIpc) is 3.09. The molecule has 2 heterocycles. The number of benzene rings is 1. The third-order valence-corrected chi connectivity index (χ3v) is 4.01. The first-order valence-corrected chi connectivity index (χ1v) is 6.87. The second-order valence-corrected chi connectivity index (χ2v) is 5.41. The standard InChI is InChI=1S/C15H15N3O/c19-13(11-6-7-11)14-16-15-12(8-9-18(15)17-14)10-4-2-1-3-5-10/h1-5,11-12H,6-9H2. The number of ketones is 1. The van der Waals surface area contributed by atoms with Crippen molar-refractivity contribution in [3.63, 3.8) is 0 Å². The number of nitrogens with zero attached hydrogens (tertiary/aromatic N) is 3. The molecule has 96 valence electrons. The summed E-state index contributed by atoms with van der Waals surface area (Å²) in [6.07, 6.45) is 3.03. The van der Waals surface area contributed by atoms with Crippen molar-refractivity contribution in [3.8, 4) is 0 Å². The first kappa shape index (κ1) is 10.9. The van der Waals surface area contributed by atoms with Gasteiger partial charge >= 0.3 is 0 Å². The second kappa shape index (κ2) is 4.02. The Morgan fingerprint density at radius 1 is 1.16 bits per heavy atom. The van der Waals surface area contributed by atoms with Gasteiger partial charge in [-0.05, 0) is 24.8 Å². The average molecular weight is 253 g/mol. The summed E-state index contributed by atoms with van der Waals surface area (Å²) in [5, 5.41) is 4.38. The van der Waals surface area contributed by atoms with Crippen LogP contribution < -0.4 is 0 Å². The Morgan fingerprint density at radius 2 is 1.95 bits per heavy atom. The van der Waals surface area contributed by atoms with Gasteiger partial charge < -0.3 is 0 Å². The van der Waals surface area contributed by atoms with Gasteiger partial charge in [-0.15, -0.1) is 5.10 Å². The van der Waals surface area contributed by atoms with Gasteiger partial charge in [0.2, 0.25) is 11.6 Å². The molecule has 1 atom stereocenters. The van der Waals surface area contributed by atoms with E-state index in [2.05, 4.69) is 22.2 Å². The topological polar surface area (TPSA) is 47.8 Å². The molecule has 4 rings (SSSR count). The van der Waals surface area contributed by atoms with Crippen LogP contribution in [0.15, 0.2) is 30.3 Å². The zero-order valence-corrected chi connectivity index (χ0v) is 10.6. The fourth-order valence-electron chi connectivity index (χ4n) is 2.79. The molecular formula is C15H15N3O. The molecule has 1 unspecified atom stereocenters. The highest BCUT2D eigenvalue weighted by Gasteiger charge is 2.35. The molecule has 1 aliphatic carbocycles. The maximum absolute atomic E-state index is 12.0. The molecule has 2 aromatic rings. The quantitative estimate of drug-likeness (QED) is 0.789. The molecule has 0 saturated heterocycles. The number of hydrogen-bond acceptors (Lipinski definition) is 3. The van der Waals surface area contributed by atoms with Crippen molar-refractivity contribution in [1.82, 2.24) is 14.8 Å². The van der Waals surface area contributed by atoms with E-state index in [1.54, 1.807) is 0 Å². The largest absolute Gasteiger partial charge is 0.290 e. The third-order valence-electron chi connectivity index (χ3n) is 4.01. The minimum absolute atomic E-state index is 0.133. The fourth-order valence-corrected chi connectivity index (χ4v) is 2.79. The second-order valence-electron chi connectivity index (χ2n) is 5.41. The van der Waals surface area contributed by atoms with E-state index in [-0.39, 0.29) is 17.6 Å². The van der Waals surface area contributed by atoms with Crippen molar-refractivity contribution >= 4 is 5.78 Å². The van der Waals surface area contributed by atoms with Gasteiger partial charge in [0.1, 0.15) is 5.82 Å². The zero-order chi connectivity index (χ0) is 12.8. The van der Waals surface area contributed by atoms with Crippen molar-refractivity contribution in [2.75, 3.05) is 0 Å². The maximum atomic E-state index is 12.0. The lowest BCUT2D eigenvalue weighted by Crippen LogP contribution is -2.06. The molecule has 1 saturated carbocycles. The summed E-state index contributed by atoms with van der Waals surface area (Å²) in [5.74, 6) is 2.00. The highest BCUT2D eigenvalue weighted by atomic mass is 16.1. The van der Waals surface area contributed by atoms with Crippen LogP contribution in [0.4, 0.5) is 0 Å².